The molecule has 0 spiro atoms. The number of rotatable bonds is 4. The number of carbonyl (C=O) groups excluding carboxylic acids is 3. The van der Waals surface area contributed by atoms with Crippen LogP contribution in [0.1, 0.15) is 6.42 Å². The summed E-state index contributed by atoms with van der Waals surface area (Å²) in [4.78, 5) is 34.6. The minimum atomic E-state index is -1.39. The van der Waals surface area contributed by atoms with E-state index >= 15 is 0 Å². The highest BCUT2D eigenvalue weighted by atomic mass is 16.3. The highest BCUT2D eigenvalue weighted by molar-refractivity contribution is 5.89. The average Bonchev–Trinajstić information content (AvgIpc) is 2.55. The molecule has 4 N–H and O–H groups in total. The molecule has 0 aromatic heterocycles. The fraction of sp³-hybridized carbons (Fsp3) is 0.667. The first-order chi connectivity index (χ1) is 7.41. The third-order valence-corrected chi connectivity index (χ3v) is 2.51. The van der Waals surface area contributed by atoms with Gasteiger partial charge in [0.25, 0.3) is 0 Å². The SMILES string of the molecule is CN1CC(C(=O)NCC(O)C(N)=O)CC1=O. The molecule has 0 bridgehead atoms. The van der Waals surface area contributed by atoms with Crippen LogP contribution in [0.15, 0.2) is 0 Å². The number of aliphatic hydroxyl groups is 1. The molecule has 2 atom stereocenters. The largest absolute Gasteiger partial charge is 0.381 e. The molecule has 7 heteroatoms. The van der Waals surface area contributed by atoms with Gasteiger partial charge in [-0.25, -0.2) is 0 Å². The molecular formula is C9H15N3O4. The van der Waals surface area contributed by atoms with Gasteiger partial charge < -0.3 is 21.1 Å². The normalized spacial score (nSPS) is 22.0. The molecule has 0 radical (unpaired) electrons. The smallest absolute Gasteiger partial charge is 0.248 e. The van der Waals surface area contributed by atoms with Crippen LogP contribution in [0.2, 0.25) is 0 Å². The maximum Gasteiger partial charge on any atom is 0.248 e. The van der Waals surface area contributed by atoms with Crippen molar-refractivity contribution in [1.29, 1.82) is 0 Å². The molecule has 1 aliphatic rings. The minimum absolute atomic E-state index is 0.0874. The van der Waals surface area contributed by atoms with Gasteiger partial charge in [0.1, 0.15) is 6.10 Å². The Bertz CT molecular complexity index is 318. The Hall–Kier alpha value is -1.63. The van der Waals surface area contributed by atoms with Crippen molar-refractivity contribution < 1.29 is 19.5 Å². The number of likely N-dealkylation sites (tertiary alicyclic amines) is 1. The molecule has 0 aliphatic carbocycles. The zero-order valence-corrected chi connectivity index (χ0v) is 8.97. The zero-order valence-electron chi connectivity index (χ0n) is 8.97. The van der Waals surface area contributed by atoms with E-state index in [-0.39, 0.29) is 24.8 Å². The van der Waals surface area contributed by atoms with E-state index in [2.05, 4.69) is 5.32 Å². The number of amides is 3. The highest BCUT2D eigenvalue weighted by Crippen LogP contribution is 2.15. The second-order valence-corrected chi connectivity index (χ2v) is 3.84. The Labute approximate surface area is 92.6 Å². The molecule has 3 amide bonds. The minimum Gasteiger partial charge on any atom is -0.381 e. The van der Waals surface area contributed by atoms with Gasteiger partial charge >= 0.3 is 0 Å². The first kappa shape index (κ1) is 12.4. The lowest BCUT2D eigenvalue weighted by Gasteiger charge is -2.12. The molecule has 90 valence electrons. The number of primary amides is 1. The van der Waals surface area contributed by atoms with Crippen LogP contribution in [-0.2, 0) is 14.4 Å². The molecule has 0 aromatic carbocycles. The van der Waals surface area contributed by atoms with Gasteiger partial charge in [-0.2, -0.15) is 0 Å². The predicted octanol–water partition coefficient (Wildman–Crippen LogP) is -2.57. The van der Waals surface area contributed by atoms with E-state index in [0.29, 0.717) is 6.54 Å². The van der Waals surface area contributed by atoms with E-state index in [1.807, 2.05) is 0 Å². The fourth-order valence-corrected chi connectivity index (χ4v) is 1.48. The van der Waals surface area contributed by atoms with Crippen LogP contribution in [0.3, 0.4) is 0 Å². The van der Waals surface area contributed by atoms with Crippen molar-refractivity contribution >= 4 is 17.7 Å². The summed E-state index contributed by atoms with van der Waals surface area (Å²) < 4.78 is 0. The Kier molecular flexibility index (Phi) is 3.83. The van der Waals surface area contributed by atoms with Gasteiger partial charge in [0, 0.05) is 20.0 Å². The summed E-state index contributed by atoms with van der Waals surface area (Å²) in [6.45, 7) is 0.139. The van der Waals surface area contributed by atoms with Crippen LogP contribution >= 0.6 is 0 Å². The maximum absolute atomic E-state index is 11.5. The van der Waals surface area contributed by atoms with E-state index in [9.17, 15) is 14.4 Å². The van der Waals surface area contributed by atoms with Crippen LogP contribution < -0.4 is 11.1 Å². The van der Waals surface area contributed by atoms with Crippen LogP contribution in [0.4, 0.5) is 0 Å². The van der Waals surface area contributed by atoms with Gasteiger partial charge in [-0.05, 0) is 0 Å². The monoisotopic (exact) mass is 229 g/mol. The van der Waals surface area contributed by atoms with Crippen LogP contribution in [0, 0.1) is 5.92 Å². The first-order valence-electron chi connectivity index (χ1n) is 4.91. The molecule has 1 saturated heterocycles. The molecule has 16 heavy (non-hydrogen) atoms. The molecule has 1 fully saturated rings. The number of nitrogens with one attached hydrogen (secondary N) is 1. The zero-order chi connectivity index (χ0) is 12.3. The molecule has 0 aromatic rings. The van der Waals surface area contributed by atoms with Crippen molar-refractivity contribution in [2.75, 3.05) is 20.1 Å². The molecule has 7 nitrogen and oxygen atoms in total. The van der Waals surface area contributed by atoms with Gasteiger partial charge in [0.2, 0.25) is 17.7 Å². The van der Waals surface area contributed by atoms with E-state index in [1.54, 1.807) is 7.05 Å². The third-order valence-electron chi connectivity index (χ3n) is 2.51. The second kappa shape index (κ2) is 4.93. The lowest BCUT2D eigenvalue weighted by Crippen LogP contribution is -2.42. The highest BCUT2D eigenvalue weighted by Gasteiger charge is 2.32. The lowest BCUT2D eigenvalue weighted by atomic mass is 10.1. The summed E-state index contributed by atoms with van der Waals surface area (Å²) in [6.07, 6.45) is -1.23. The third kappa shape index (κ3) is 2.93. The Morgan fingerprint density at radius 2 is 2.31 bits per heavy atom. The summed E-state index contributed by atoms with van der Waals surface area (Å²) >= 11 is 0. The van der Waals surface area contributed by atoms with E-state index in [1.165, 1.54) is 4.90 Å². The van der Waals surface area contributed by atoms with Gasteiger partial charge in [-0.3, -0.25) is 14.4 Å². The molecule has 1 heterocycles. The number of hydrogen-bond donors (Lipinski definition) is 3. The number of nitrogens with two attached hydrogens (primary N) is 1. The molecule has 1 aliphatic heterocycles. The molecule has 1 rings (SSSR count). The molecule has 0 saturated carbocycles. The van der Waals surface area contributed by atoms with Crippen molar-refractivity contribution in [3.05, 3.63) is 0 Å². The maximum atomic E-state index is 11.5. The van der Waals surface area contributed by atoms with Crippen molar-refractivity contribution in [3.63, 3.8) is 0 Å². The van der Waals surface area contributed by atoms with Gasteiger partial charge in [-0.15, -0.1) is 0 Å². The Morgan fingerprint density at radius 3 is 2.75 bits per heavy atom. The van der Waals surface area contributed by atoms with Crippen LogP contribution in [-0.4, -0.2) is 54.0 Å². The standard InChI is InChI=1S/C9H15N3O4/c1-12-4-5(2-7(12)14)9(16)11-3-6(13)8(10)15/h5-6,13H,2-4H2,1H3,(H2,10,15)(H,11,16). The quantitative estimate of drug-likeness (QED) is 0.491. The number of hydrogen-bond acceptors (Lipinski definition) is 4. The number of carbonyl (C=O) groups is 3. The summed E-state index contributed by atoms with van der Waals surface area (Å²) in [6, 6.07) is 0. The van der Waals surface area contributed by atoms with E-state index < -0.39 is 17.9 Å². The number of aliphatic hydroxyl groups excluding tert-OH is 1. The van der Waals surface area contributed by atoms with Crippen molar-refractivity contribution in [3.8, 4) is 0 Å². The van der Waals surface area contributed by atoms with Crippen molar-refractivity contribution in [2.24, 2.45) is 11.7 Å². The molecule has 2 unspecified atom stereocenters. The van der Waals surface area contributed by atoms with E-state index in [0.717, 1.165) is 0 Å². The van der Waals surface area contributed by atoms with E-state index in [4.69, 9.17) is 10.8 Å². The topological polar surface area (TPSA) is 113 Å². The van der Waals surface area contributed by atoms with Gasteiger partial charge in [0.05, 0.1) is 12.5 Å². The van der Waals surface area contributed by atoms with Gasteiger partial charge in [0.15, 0.2) is 0 Å². The second-order valence-electron chi connectivity index (χ2n) is 3.84. The Morgan fingerprint density at radius 1 is 1.69 bits per heavy atom. The van der Waals surface area contributed by atoms with Crippen molar-refractivity contribution in [1.82, 2.24) is 10.2 Å². The molecular weight excluding hydrogens is 214 g/mol. The summed E-state index contributed by atoms with van der Waals surface area (Å²) in [5.74, 6) is -1.74. The summed E-state index contributed by atoms with van der Waals surface area (Å²) in [7, 11) is 1.62. The number of nitrogens with zero attached hydrogens (tertiary/aromatic N) is 1. The van der Waals surface area contributed by atoms with Crippen LogP contribution in [0.5, 0.6) is 0 Å². The summed E-state index contributed by atoms with van der Waals surface area (Å²) in [5.41, 5.74) is 4.82. The van der Waals surface area contributed by atoms with Crippen LogP contribution in [0.25, 0.3) is 0 Å². The predicted molar refractivity (Wildman–Crippen MR) is 54.0 cm³/mol. The van der Waals surface area contributed by atoms with Gasteiger partial charge in [-0.1, -0.05) is 0 Å². The summed E-state index contributed by atoms with van der Waals surface area (Å²) in [5, 5.41) is 11.4. The fourth-order valence-electron chi connectivity index (χ4n) is 1.48. The van der Waals surface area contributed by atoms with Crippen molar-refractivity contribution in [2.45, 2.75) is 12.5 Å². The average molecular weight is 229 g/mol. The first-order valence-corrected chi connectivity index (χ1v) is 4.91. The Balaban J connectivity index is 2.37. The lowest BCUT2D eigenvalue weighted by molar-refractivity contribution is -0.129.